The highest BCUT2D eigenvalue weighted by Crippen LogP contribution is 2.28. The summed E-state index contributed by atoms with van der Waals surface area (Å²) in [6, 6.07) is 4.29. The van der Waals surface area contributed by atoms with Crippen molar-refractivity contribution in [3.63, 3.8) is 0 Å². The van der Waals surface area contributed by atoms with Crippen molar-refractivity contribution in [3.05, 3.63) is 42.2 Å². The van der Waals surface area contributed by atoms with Crippen LogP contribution in [0.15, 0.2) is 36.7 Å². The Morgan fingerprint density at radius 1 is 1.20 bits per heavy atom. The number of aromatic nitrogens is 1. The maximum Gasteiger partial charge on any atom is 0.169 e. The molecule has 5 heteroatoms. The maximum absolute atomic E-state index is 10.5. The normalized spacial score (nSPS) is 19.1. The number of hydrogen-bond donors (Lipinski definition) is 0. The van der Waals surface area contributed by atoms with Gasteiger partial charge in [-0.05, 0) is 37.2 Å². The fraction of sp³-hybridized carbons (Fsp3) is 0.533. The molecule has 0 aliphatic heterocycles. The molecule has 0 spiro atoms. The minimum absolute atomic E-state index is 0.264. The van der Waals surface area contributed by atoms with Crippen LogP contribution in [0, 0.1) is 0 Å². The van der Waals surface area contributed by atoms with Crippen LogP contribution in [0.1, 0.15) is 43.6 Å². The first-order chi connectivity index (χ1) is 9.54. The molecule has 0 saturated heterocycles. The van der Waals surface area contributed by atoms with Gasteiger partial charge in [0.15, 0.2) is 12.4 Å². The quantitative estimate of drug-likeness (QED) is 0.349. The molecule has 1 heterocycles. The van der Waals surface area contributed by atoms with E-state index in [4.69, 9.17) is 0 Å². The number of nitrogens with zero attached hydrogens (tertiary/aromatic N) is 1. The van der Waals surface area contributed by atoms with E-state index in [2.05, 4.69) is 24.3 Å². The van der Waals surface area contributed by atoms with Gasteiger partial charge in [-0.3, -0.25) is 0 Å². The molecule has 0 N–H and O–H groups in total. The molecule has 2 rings (SSSR count). The second-order valence-electron chi connectivity index (χ2n) is 5.32. The number of rotatable bonds is 6. The third-order valence-electron chi connectivity index (χ3n) is 3.72. The number of aryl methyl sites for hydroxylation is 1. The summed E-state index contributed by atoms with van der Waals surface area (Å²) in [7, 11) is -4.07. The van der Waals surface area contributed by atoms with E-state index in [1.807, 2.05) is 17.0 Å². The molecule has 1 aliphatic carbocycles. The first-order valence-corrected chi connectivity index (χ1v) is 8.70. The topological polar surface area (TPSA) is 61.1 Å². The lowest BCUT2D eigenvalue weighted by atomic mass is 9.88. The third-order valence-corrected chi connectivity index (χ3v) is 4.51. The Morgan fingerprint density at radius 2 is 1.95 bits per heavy atom. The fourth-order valence-corrected chi connectivity index (χ4v) is 3.12. The van der Waals surface area contributed by atoms with Gasteiger partial charge in [0.25, 0.3) is 0 Å². The van der Waals surface area contributed by atoms with Crippen LogP contribution in [0.5, 0.6) is 0 Å². The summed E-state index contributed by atoms with van der Waals surface area (Å²) in [5, 5.41) is 0. The van der Waals surface area contributed by atoms with Crippen molar-refractivity contribution < 1.29 is 17.5 Å². The fourth-order valence-electron chi connectivity index (χ4n) is 2.56. The molecule has 20 heavy (non-hydrogen) atoms. The number of hydrogen-bond acceptors (Lipinski definition) is 3. The molecule has 0 radical (unpaired) electrons. The largest absolute Gasteiger partial charge is 0.748 e. The van der Waals surface area contributed by atoms with Crippen LogP contribution in [-0.4, -0.2) is 18.7 Å². The van der Waals surface area contributed by atoms with E-state index in [-0.39, 0.29) is 5.75 Å². The Kier molecular flexibility index (Phi) is 5.31. The van der Waals surface area contributed by atoms with Crippen LogP contribution < -0.4 is 4.57 Å². The summed E-state index contributed by atoms with van der Waals surface area (Å²) < 4.78 is 33.5. The van der Waals surface area contributed by atoms with Gasteiger partial charge in [0.2, 0.25) is 0 Å². The molecule has 110 valence electrons. The summed E-state index contributed by atoms with van der Waals surface area (Å²) in [5.74, 6) is 0.361. The van der Waals surface area contributed by atoms with Crippen LogP contribution >= 0.6 is 0 Å². The molecule has 0 aromatic carbocycles. The molecular formula is C15H21NO3S. The molecule has 1 atom stereocenters. The molecule has 1 aromatic heterocycles. The zero-order valence-corrected chi connectivity index (χ0v) is 12.4. The Morgan fingerprint density at radius 3 is 2.55 bits per heavy atom. The van der Waals surface area contributed by atoms with E-state index >= 15 is 0 Å². The van der Waals surface area contributed by atoms with Crippen LogP contribution in [-0.2, 0) is 16.7 Å². The Hall–Kier alpha value is -1.20. The lowest BCUT2D eigenvalue weighted by Gasteiger charge is -2.17. The highest BCUT2D eigenvalue weighted by molar-refractivity contribution is 7.85. The van der Waals surface area contributed by atoms with Gasteiger partial charge in [-0.25, -0.2) is 13.0 Å². The zero-order valence-electron chi connectivity index (χ0n) is 11.6. The van der Waals surface area contributed by atoms with Crippen molar-refractivity contribution in [2.45, 2.75) is 44.6 Å². The van der Waals surface area contributed by atoms with Gasteiger partial charge >= 0.3 is 0 Å². The van der Waals surface area contributed by atoms with Gasteiger partial charge in [-0.2, -0.15) is 0 Å². The maximum atomic E-state index is 10.5. The van der Waals surface area contributed by atoms with Gasteiger partial charge < -0.3 is 4.55 Å². The predicted octanol–water partition coefficient (Wildman–Crippen LogP) is 2.12. The Labute approximate surface area is 120 Å². The van der Waals surface area contributed by atoms with Gasteiger partial charge in [0.05, 0.1) is 10.1 Å². The second-order valence-corrected chi connectivity index (χ2v) is 6.84. The Balaban J connectivity index is 1.81. The van der Waals surface area contributed by atoms with Crippen molar-refractivity contribution in [3.8, 4) is 0 Å². The molecule has 0 saturated carbocycles. The third kappa shape index (κ3) is 5.06. The van der Waals surface area contributed by atoms with Gasteiger partial charge in [-0.15, -0.1) is 0 Å². The van der Waals surface area contributed by atoms with Crippen LogP contribution in [0.4, 0.5) is 0 Å². The minimum atomic E-state index is -4.07. The molecular weight excluding hydrogens is 274 g/mol. The SMILES string of the molecule is O=S(=O)([O-])CCCC[n+]1ccc(C2CC=CCC2)cc1. The van der Waals surface area contributed by atoms with Gasteiger partial charge in [-0.1, -0.05) is 12.2 Å². The first-order valence-electron chi connectivity index (χ1n) is 7.12. The highest BCUT2D eigenvalue weighted by Gasteiger charge is 2.13. The monoisotopic (exact) mass is 295 g/mol. The molecule has 0 bridgehead atoms. The van der Waals surface area contributed by atoms with E-state index in [1.54, 1.807) is 0 Å². The van der Waals surface area contributed by atoms with E-state index in [0.29, 0.717) is 18.8 Å². The summed E-state index contributed by atoms with van der Waals surface area (Å²) >= 11 is 0. The first kappa shape index (κ1) is 15.2. The van der Waals surface area contributed by atoms with Crippen molar-refractivity contribution in [1.29, 1.82) is 0 Å². The second kappa shape index (κ2) is 6.99. The average molecular weight is 295 g/mol. The Bertz CT molecular complexity index is 549. The van der Waals surface area contributed by atoms with Crippen molar-refractivity contribution in [2.75, 3.05) is 5.75 Å². The van der Waals surface area contributed by atoms with E-state index < -0.39 is 10.1 Å². The number of allylic oxidation sites excluding steroid dienone is 2. The van der Waals surface area contributed by atoms with Gasteiger partial charge in [0.1, 0.15) is 6.54 Å². The molecule has 0 fully saturated rings. The van der Waals surface area contributed by atoms with Crippen molar-refractivity contribution >= 4 is 10.1 Å². The number of pyridine rings is 1. The summed E-state index contributed by atoms with van der Waals surface area (Å²) in [4.78, 5) is 0. The standard InChI is InChI=1S/C15H21NO3S/c17-20(18,19)13-5-4-10-16-11-8-15(9-12-16)14-6-2-1-3-7-14/h1-2,8-9,11-12,14H,3-7,10,13H2. The molecule has 1 aromatic rings. The summed E-state index contributed by atoms with van der Waals surface area (Å²) in [5.41, 5.74) is 1.37. The lowest BCUT2D eigenvalue weighted by molar-refractivity contribution is -0.697. The molecule has 0 amide bonds. The van der Waals surface area contributed by atoms with E-state index in [0.717, 1.165) is 19.4 Å². The smallest absolute Gasteiger partial charge is 0.169 e. The van der Waals surface area contributed by atoms with Crippen LogP contribution in [0.2, 0.25) is 0 Å². The summed E-state index contributed by atoms with van der Waals surface area (Å²) in [6.45, 7) is 0.750. The van der Waals surface area contributed by atoms with Crippen LogP contribution in [0.3, 0.4) is 0 Å². The summed E-state index contributed by atoms with van der Waals surface area (Å²) in [6.07, 6.45) is 13.2. The molecule has 4 nitrogen and oxygen atoms in total. The highest BCUT2D eigenvalue weighted by atomic mass is 32.2. The van der Waals surface area contributed by atoms with Crippen LogP contribution in [0.25, 0.3) is 0 Å². The van der Waals surface area contributed by atoms with E-state index in [1.165, 1.54) is 12.0 Å². The van der Waals surface area contributed by atoms with E-state index in [9.17, 15) is 13.0 Å². The van der Waals surface area contributed by atoms with Crippen molar-refractivity contribution in [1.82, 2.24) is 0 Å². The predicted molar refractivity (Wildman–Crippen MR) is 76.2 cm³/mol. The van der Waals surface area contributed by atoms with Crippen molar-refractivity contribution in [2.24, 2.45) is 0 Å². The molecule has 1 unspecified atom stereocenters. The lowest BCUT2D eigenvalue weighted by Crippen LogP contribution is -2.33. The molecule has 1 aliphatic rings. The minimum Gasteiger partial charge on any atom is -0.748 e. The number of unbranched alkanes of at least 4 members (excludes halogenated alkanes) is 1. The average Bonchev–Trinajstić information content (AvgIpc) is 2.44. The van der Waals surface area contributed by atoms with Gasteiger partial charge in [0, 0.05) is 24.3 Å². The zero-order chi connectivity index (χ0) is 14.4.